The molecule has 0 heterocycles. The molecule has 5 heteroatoms. The SMILES string of the molecule is CCOc1ccc(NC(=S)Nc2ccccc2OC)cc1. The molecule has 2 aromatic rings. The molecule has 0 saturated heterocycles. The van der Waals surface area contributed by atoms with Gasteiger partial charge in [0.05, 0.1) is 19.4 Å². The number of hydrogen-bond donors (Lipinski definition) is 2. The predicted molar refractivity (Wildman–Crippen MR) is 90.4 cm³/mol. The number of anilines is 2. The summed E-state index contributed by atoms with van der Waals surface area (Å²) in [5.74, 6) is 1.58. The molecular formula is C16H18N2O2S. The monoisotopic (exact) mass is 302 g/mol. The van der Waals surface area contributed by atoms with E-state index in [4.69, 9.17) is 21.7 Å². The molecule has 2 rings (SSSR count). The third-order valence-corrected chi connectivity index (χ3v) is 2.98. The summed E-state index contributed by atoms with van der Waals surface area (Å²) in [6.45, 7) is 2.61. The van der Waals surface area contributed by atoms with Gasteiger partial charge in [-0.15, -0.1) is 0 Å². The largest absolute Gasteiger partial charge is 0.495 e. The third-order valence-electron chi connectivity index (χ3n) is 2.78. The molecule has 2 N–H and O–H groups in total. The standard InChI is InChI=1S/C16H18N2O2S/c1-3-20-13-10-8-12(9-11-13)17-16(21)18-14-6-4-5-7-15(14)19-2/h4-11H,3H2,1-2H3,(H2,17,18,21). The first-order valence-electron chi connectivity index (χ1n) is 6.67. The normalized spacial score (nSPS) is 9.81. The summed E-state index contributed by atoms with van der Waals surface area (Å²) in [5, 5.41) is 6.74. The molecule has 0 aliphatic heterocycles. The van der Waals surface area contributed by atoms with Crippen LogP contribution < -0.4 is 20.1 Å². The van der Waals surface area contributed by atoms with E-state index in [-0.39, 0.29) is 0 Å². The van der Waals surface area contributed by atoms with Crippen LogP contribution in [0.25, 0.3) is 0 Å². The van der Waals surface area contributed by atoms with Gasteiger partial charge < -0.3 is 20.1 Å². The minimum absolute atomic E-state index is 0.503. The molecule has 2 aromatic carbocycles. The number of thiocarbonyl (C=S) groups is 1. The number of benzene rings is 2. The second-order valence-corrected chi connectivity index (χ2v) is 4.65. The van der Waals surface area contributed by atoms with Gasteiger partial charge in [0.15, 0.2) is 5.11 Å². The molecule has 4 nitrogen and oxygen atoms in total. The van der Waals surface area contributed by atoms with Crippen molar-refractivity contribution in [3.63, 3.8) is 0 Å². The highest BCUT2D eigenvalue weighted by molar-refractivity contribution is 7.80. The van der Waals surface area contributed by atoms with Crippen LogP contribution >= 0.6 is 12.2 Å². The summed E-state index contributed by atoms with van der Waals surface area (Å²) in [6, 6.07) is 15.3. The lowest BCUT2D eigenvalue weighted by atomic mass is 10.3. The van der Waals surface area contributed by atoms with E-state index < -0.39 is 0 Å². The van der Waals surface area contributed by atoms with Crippen LogP contribution in [-0.2, 0) is 0 Å². The van der Waals surface area contributed by atoms with Crippen molar-refractivity contribution in [3.05, 3.63) is 48.5 Å². The number of para-hydroxylation sites is 2. The maximum atomic E-state index is 5.40. The summed E-state index contributed by atoms with van der Waals surface area (Å²) in [7, 11) is 1.63. The quantitative estimate of drug-likeness (QED) is 0.820. The van der Waals surface area contributed by atoms with E-state index in [9.17, 15) is 0 Å². The molecule has 110 valence electrons. The topological polar surface area (TPSA) is 42.5 Å². The van der Waals surface area contributed by atoms with Crippen molar-refractivity contribution in [2.45, 2.75) is 6.92 Å². The average molecular weight is 302 g/mol. The van der Waals surface area contributed by atoms with Crippen LogP contribution in [0.1, 0.15) is 6.92 Å². The second-order valence-electron chi connectivity index (χ2n) is 4.24. The Bertz CT molecular complexity index is 599. The molecule has 0 amide bonds. The summed E-state index contributed by atoms with van der Waals surface area (Å²) < 4.78 is 10.7. The van der Waals surface area contributed by atoms with E-state index in [0.717, 1.165) is 22.9 Å². The molecule has 0 bridgehead atoms. The van der Waals surface area contributed by atoms with Gasteiger partial charge in [0.1, 0.15) is 11.5 Å². The molecule has 0 spiro atoms. The molecule has 0 aliphatic rings. The van der Waals surface area contributed by atoms with Gasteiger partial charge in [0, 0.05) is 5.69 Å². The van der Waals surface area contributed by atoms with Crippen LogP contribution in [0.5, 0.6) is 11.5 Å². The lowest BCUT2D eigenvalue weighted by Gasteiger charge is -2.13. The first kappa shape index (κ1) is 15.1. The van der Waals surface area contributed by atoms with Crippen molar-refractivity contribution < 1.29 is 9.47 Å². The smallest absolute Gasteiger partial charge is 0.175 e. The zero-order valence-corrected chi connectivity index (χ0v) is 12.9. The predicted octanol–water partition coefficient (Wildman–Crippen LogP) is 3.90. The van der Waals surface area contributed by atoms with Gasteiger partial charge >= 0.3 is 0 Å². The third kappa shape index (κ3) is 4.36. The fraction of sp³-hybridized carbons (Fsp3) is 0.188. The second kappa shape index (κ2) is 7.50. The van der Waals surface area contributed by atoms with E-state index in [0.29, 0.717) is 11.7 Å². The minimum Gasteiger partial charge on any atom is -0.495 e. The molecule has 0 aromatic heterocycles. The molecule has 0 atom stereocenters. The van der Waals surface area contributed by atoms with Crippen molar-refractivity contribution in [2.75, 3.05) is 24.4 Å². The molecule has 0 aliphatic carbocycles. The van der Waals surface area contributed by atoms with Crippen LogP contribution in [0.3, 0.4) is 0 Å². The van der Waals surface area contributed by atoms with Crippen molar-refractivity contribution in [1.29, 1.82) is 0 Å². The van der Waals surface area contributed by atoms with Gasteiger partial charge in [-0.25, -0.2) is 0 Å². The highest BCUT2D eigenvalue weighted by atomic mass is 32.1. The Balaban J connectivity index is 1.98. The molecule has 0 saturated carbocycles. The van der Waals surface area contributed by atoms with Crippen molar-refractivity contribution in [1.82, 2.24) is 0 Å². The molecule has 21 heavy (non-hydrogen) atoms. The van der Waals surface area contributed by atoms with Crippen LogP contribution in [0, 0.1) is 0 Å². The first-order chi connectivity index (χ1) is 10.2. The number of hydrogen-bond acceptors (Lipinski definition) is 3. The fourth-order valence-corrected chi connectivity index (χ4v) is 2.06. The molecule has 0 radical (unpaired) electrons. The maximum Gasteiger partial charge on any atom is 0.175 e. The Labute approximate surface area is 130 Å². The first-order valence-corrected chi connectivity index (χ1v) is 7.07. The minimum atomic E-state index is 0.503. The van der Waals surface area contributed by atoms with E-state index in [1.807, 2.05) is 55.5 Å². The Morgan fingerprint density at radius 2 is 1.76 bits per heavy atom. The zero-order valence-electron chi connectivity index (χ0n) is 12.1. The Hall–Kier alpha value is -2.27. The zero-order chi connectivity index (χ0) is 15.1. The molecule has 0 fully saturated rings. The number of rotatable bonds is 5. The van der Waals surface area contributed by atoms with Crippen LogP contribution in [0.4, 0.5) is 11.4 Å². The van der Waals surface area contributed by atoms with Gasteiger partial charge in [-0.05, 0) is 55.5 Å². The van der Waals surface area contributed by atoms with Gasteiger partial charge in [0.2, 0.25) is 0 Å². The van der Waals surface area contributed by atoms with Crippen molar-refractivity contribution >= 4 is 28.7 Å². The lowest BCUT2D eigenvalue weighted by Crippen LogP contribution is -2.19. The summed E-state index contributed by atoms with van der Waals surface area (Å²) in [4.78, 5) is 0. The van der Waals surface area contributed by atoms with Gasteiger partial charge in [-0.3, -0.25) is 0 Å². The van der Waals surface area contributed by atoms with Gasteiger partial charge in [-0.2, -0.15) is 0 Å². The molecular weight excluding hydrogens is 284 g/mol. The highest BCUT2D eigenvalue weighted by Crippen LogP contribution is 2.23. The van der Waals surface area contributed by atoms with Crippen LogP contribution in [0.15, 0.2) is 48.5 Å². The van der Waals surface area contributed by atoms with E-state index in [1.54, 1.807) is 7.11 Å². The molecule has 0 unspecified atom stereocenters. The average Bonchev–Trinajstić information content (AvgIpc) is 2.50. The summed E-state index contributed by atoms with van der Waals surface area (Å²) >= 11 is 5.30. The Morgan fingerprint density at radius 1 is 1.05 bits per heavy atom. The highest BCUT2D eigenvalue weighted by Gasteiger charge is 2.04. The van der Waals surface area contributed by atoms with E-state index in [1.165, 1.54) is 0 Å². The number of methoxy groups -OCH3 is 1. The van der Waals surface area contributed by atoms with E-state index >= 15 is 0 Å². The fourth-order valence-electron chi connectivity index (χ4n) is 1.83. The van der Waals surface area contributed by atoms with Crippen molar-refractivity contribution in [2.24, 2.45) is 0 Å². The van der Waals surface area contributed by atoms with Crippen LogP contribution in [0.2, 0.25) is 0 Å². The van der Waals surface area contributed by atoms with Gasteiger partial charge in [0.25, 0.3) is 0 Å². The number of nitrogens with one attached hydrogen (secondary N) is 2. The van der Waals surface area contributed by atoms with E-state index in [2.05, 4.69) is 10.6 Å². The van der Waals surface area contributed by atoms with Crippen molar-refractivity contribution in [3.8, 4) is 11.5 Å². The Kier molecular flexibility index (Phi) is 5.40. The summed E-state index contributed by atoms with van der Waals surface area (Å²) in [5.41, 5.74) is 1.72. The summed E-state index contributed by atoms with van der Waals surface area (Å²) in [6.07, 6.45) is 0. The van der Waals surface area contributed by atoms with Crippen LogP contribution in [-0.4, -0.2) is 18.8 Å². The Morgan fingerprint density at radius 3 is 2.43 bits per heavy atom. The lowest BCUT2D eigenvalue weighted by molar-refractivity contribution is 0.340. The van der Waals surface area contributed by atoms with Gasteiger partial charge in [-0.1, -0.05) is 12.1 Å². The number of ether oxygens (including phenoxy) is 2. The maximum absolute atomic E-state index is 5.40.